The van der Waals surface area contributed by atoms with Crippen molar-refractivity contribution in [3.05, 3.63) is 35.4 Å². The van der Waals surface area contributed by atoms with Crippen molar-refractivity contribution in [1.82, 2.24) is 4.90 Å². The third-order valence-electron chi connectivity index (χ3n) is 4.63. The molecule has 0 radical (unpaired) electrons. The first-order chi connectivity index (χ1) is 10.2. The molecular formula is C16H21F2NO2. The Morgan fingerprint density at radius 1 is 1.33 bits per heavy atom. The largest absolute Gasteiger partial charge is 0.388 e. The van der Waals surface area contributed by atoms with Crippen LogP contribution in [0.4, 0.5) is 8.78 Å². The Kier molecular flexibility index (Phi) is 4.52. The molecule has 0 bridgehead atoms. The van der Waals surface area contributed by atoms with Gasteiger partial charge in [0.1, 0.15) is 0 Å². The van der Waals surface area contributed by atoms with Gasteiger partial charge in [-0.05, 0) is 31.7 Å². The summed E-state index contributed by atoms with van der Waals surface area (Å²) in [4.78, 5) is 2.32. The number of halogens is 2. The van der Waals surface area contributed by atoms with E-state index in [4.69, 9.17) is 4.74 Å². The van der Waals surface area contributed by atoms with Crippen molar-refractivity contribution in [2.45, 2.75) is 43.9 Å². The third-order valence-corrected chi connectivity index (χ3v) is 4.63. The van der Waals surface area contributed by atoms with Crippen molar-refractivity contribution in [3.8, 4) is 0 Å². The summed E-state index contributed by atoms with van der Waals surface area (Å²) in [6.07, 6.45) is 3.14. The van der Waals surface area contributed by atoms with Crippen molar-refractivity contribution in [1.29, 1.82) is 0 Å². The van der Waals surface area contributed by atoms with Crippen LogP contribution in [0.1, 0.15) is 37.4 Å². The number of benzene rings is 1. The minimum atomic E-state index is -0.969. The van der Waals surface area contributed by atoms with E-state index in [2.05, 4.69) is 4.90 Å². The molecule has 0 spiro atoms. The standard InChI is InChI=1S/C16H21F2NO2/c17-12-4-1-3-11(16(12)18)14(20)7-8-19-9-10-21-15-6-2-5-13(15)19/h1,3-4,13-15,20H,2,5-10H2. The number of aliphatic hydroxyl groups excluding tert-OH is 1. The molecule has 1 aromatic carbocycles. The molecule has 1 aliphatic carbocycles. The van der Waals surface area contributed by atoms with Gasteiger partial charge in [0.2, 0.25) is 0 Å². The van der Waals surface area contributed by atoms with E-state index in [9.17, 15) is 13.9 Å². The van der Waals surface area contributed by atoms with E-state index in [-0.39, 0.29) is 5.56 Å². The van der Waals surface area contributed by atoms with E-state index in [1.165, 1.54) is 18.6 Å². The number of rotatable bonds is 4. The molecule has 3 atom stereocenters. The summed E-state index contributed by atoms with van der Waals surface area (Å²) in [5.74, 6) is -1.85. The number of fused-ring (bicyclic) bond motifs is 1. The molecule has 3 unspecified atom stereocenters. The van der Waals surface area contributed by atoms with Gasteiger partial charge >= 0.3 is 0 Å². The fourth-order valence-corrected chi connectivity index (χ4v) is 3.50. The smallest absolute Gasteiger partial charge is 0.164 e. The number of nitrogens with zero attached hydrogens (tertiary/aromatic N) is 1. The Labute approximate surface area is 123 Å². The molecule has 0 aromatic heterocycles. The third kappa shape index (κ3) is 3.10. The first-order valence-corrected chi connectivity index (χ1v) is 7.64. The van der Waals surface area contributed by atoms with E-state index < -0.39 is 17.7 Å². The second-order valence-corrected chi connectivity index (χ2v) is 5.89. The van der Waals surface area contributed by atoms with Gasteiger partial charge < -0.3 is 9.84 Å². The van der Waals surface area contributed by atoms with Gasteiger partial charge in [-0.25, -0.2) is 8.78 Å². The zero-order valence-electron chi connectivity index (χ0n) is 12.0. The second kappa shape index (κ2) is 6.38. The van der Waals surface area contributed by atoms with Crippen molar-refractivity contribution >= 4 is 0 Å². The maximum atomic E-state index is 13.7. The molecular weight excluding hydrogens is 276 g/mol. The molecule has 1 aliphatic heterocycles. The quantitative estimate of drug-likeness (QED) is 0.927. The fraction of sp³-hybridized carbons (Fsp3) is 0.625. The SMILES string of the molecule is OC(CCN1CCOC2CCCC21)c1cccc(F)c1F. The highest BCUT2D eigenvalue weighted by Gasteiger charge is 2.35. The lowest BCUT2D eigenvalue weighted by molar-refractivity contribution is -0.0588. The Morgan fingerprint density at radius 3 is 3.05 bits per heavy atom. The van der Waals surface area contributed by atoms with E-state index >= 15 is 0 Å². The van der Waals surface area contributed by atoms with E-state index in [1.807, 2.05) is 0 Å². The van der Waals surface area contributed by atoms with E-state index in [0.29, 0.717) is 31.7 Å². The van der Waals surface area contributed by atoms with Gasteiger partial charge in [-0.3, -0.25) is 4.90 Å². The predicted octanol–water partition coefficient (Wildman–Crippen LogP) is 2.64. The second-order valence-electron chi connectivity index (χ2n) is 5.89. The van der Waals surface area contributed by atoms with Gasteiger partial charge in [-0.15, -0.1) is 0 Å². The predicted molar refractivity (Wildman–Crippen MR) is 74.9 cm³/mol. The fourth-order valence-electron chi connectivity index (χ4n) is 3.50. The highest BCUT2D eigenvalue weighted by atomic mass is 19.2. The summed E-state index contributed by atoms with van der Waals surface area (Å²) in [6.45, 7) is 2.24. The minimum absolute atomic E-state index is 0.0474. The molecule has 116 valence electrons. The molecule has 2 aliphatic rings. The van der Waals surface area contributed by atoms with Crippen LogP contribution in [0.25, 0.3) is 0 Å². The Hall–Kier alpha value is -1.04. The van der Waals surface area contributed by atoms with Crippen LogP contribution in [-0.2, 0) is 4.74 Å². The summed E-state index contributed by atoms with van der Waals surface area (Å²) < 4.78 is 32.6. The monoisotopic (exact) mass is 297 g/mol. The highest BCUT2D eigenvalue weighted by Crippen LogP contribution is 2.30. The molecule has 21 heavy (non-hydrogen) atoms. The number of hydrogen-bond donors (Lipinski definition) is 1. The Balaban J connectivity index is 1.60. The van der Waals surface area contributed by atoms with Gasteiger partial charge in [0, 0.05) is 24.7 Å². The average Bonchev–Trinajstić information content (AvgIpc) is 2.96. The lowest BCUT2D eigenvalue weighted by Gasteiger charge is -2.38. The Morgan fingerprint density at radius 2 is 2.19 bits per heavy atom. The van der Waals surface area contributed by atoms with Crippen molar-refractivity contribution in [2.75, 3.05) is 19.7 Å². The van der Waals surface area contributed by atoms with Crippen LogP contribution >= 0.6 is 0 Å². The van der Waals surface area contributed by atoms with Crippen LogP contribution in [-0.4, -0.2) is 41.8 Å². The van der Waals surface area contributed by atoms with Gasteiger partial charge in [0.05, 0.1) is 18.8 Å². The normalized spacial score (nSPS) is 27.6. The molecule has 5 heteroatoms. The van der Waals surface area contributed by atoms with Gasteiger partial charge in [-0.2, -0.15) is 0 Å². The van der Waals surface area contributed by atoms with Crippen LogP contribution in [0, 0.1) is 11.6 Å². The molecule has 1 aromatic rings. The lowest BCUT2D eigenvalue weighted by atomic mass is 10.0. The van der Waals surface area contributed by atoms with Crippen molar-refractivity contribution in [2.24, 2.45) is 0 Å². The summed E-state index contributed by atoms with van der Waals surface area (Å²) in [5.41, 5.74) is 0.0474. The van der Waals surface area contributed by atoms with Gasteiger partial charge in [0.15, 0.2) is 11.6 Å². The maximum Gasteiger partial charge on any atom is 0.164 e. The molecule has 1 saturated carbocycles. The van der Waals surface area contributed by atoms with Crippen LogP contribution in [0.15, 0.2) is 18.2 Å². The highest BCUT2D eigenvalue weighted by molar-refractivity contribution is 5.21. The van der Waals surface area contributed by atoms with Crippen molar-refractivity contribution < 1.29 is 18.6 Å². The molecule has 1 heterocycles. The van der Waals surface area contributed by atoms with E-state index in [0.717, 1.165) is 25.5 Å². The summed E-state index contributed by atoms with van der Waals surface area (Å²) in [7, 11) is 0. The van der Waals surface area contributed by atoms with Gasteiger partial charge in [0.25, 0.3) is 0 Å². The van der Waals surface area contributed by atoms with E-state index in [1.54, 1.807) is 0 Å². The molecule has 2 fully saturated rings. The number of aliphatic hydroxyl groups is 1. The maximum absolute atomic E-state index is 13.7. The molecule has 0 amide bonds. The molecule has 1 N–H and O–H groups in total. The first kappa shape index (κ1) is 14.9. The summed E-state index contributed by atoms with van der Waals surface area (Å²) >= 11 is 0. The van der Waals surface area contributed by atoms with Crippen LogP contribution < -0.4 is 0 Å². The summed E-state index contributed by atoms with van der Waals surface area (Å²) in [6, 6.07) is 4.36. The molecule has 3 nitrogen and oxygen atoms in total. The molecule has 1 saturated heterocycles. The topological polar surface area (TPSA) is 32.7 Å². The lowest BCUT2D eigenvalue weighted by Crippen LogP contribution is -2.48. The zero-order chi connectivity index (χ0) is 14.8. The Bertz CT molecular complexity index is 497. The van der Waals surface area contributed by atoms with Gasteiger partial charge in [-0.1, -0.05) is 12.1 Å². The van der Waals surface area contributed by atoms with Crippen LogP contribution in [0.5, 0.6) is 0 Å². The molecule has 3 rings (SSSR count). The zero-order valence-corrected chi connectivity index (χ0v) is 12.0. The number of hydrogen-bond acceptors (Lipinski definition) is 3. The average molecular weight is 297 g/mol. The minimum Gasteiger partial charge on any atom is -0.388 e. The van der Waals surface area contributed by atoms with Crippen molar-refractivity contribution in [3.63, 3.8) is 0 Å². The van der Waals surface area contributed by atoms with Crippen LogP contribution in [0.2, 0.25) is 0 Å². The number of ether oxygens (including phenoxy) is 1. The number of morpholine rings is 1. The van der Waals surface area contributed by atoms with Crippen LogP contribution in [0.3, 0.4) is 0 Å². The first-order valence-electron chi connectivity index (χ1n) is 7.64. The summed E-state index contributed by atoms with van der Waals surface area (Å²) in [5, 5.41) is 10.1.